The standard InChI is InChI=1S/C20H18FNO3S2.CH2O3/c1-20(14-5-3-2-4-6-14)12-18(20)22-27(24,25)19-10-9-17(26-19)13-7-8-16(23)15(21)11-13;2-1(3)4/h2-11,18,22-23H,12H2,1H3;(H2,2,3,4)/t18-,20+;/m0./s1. The lowest BCUT2D eigenvalue weighted by atomic mass is 9.98. The van der Waals surface area contributed by atoms with Crippen molar-refractivity contribution in [1.29, 1.82) is 0 Å². The van der Waals surface area contributed by atoms with Gasteiger partial charge in [0.25, 0.3) is 0 Å². The van der Waals surface area contributed by atoms with E-state index in [2.05, 4.69) is 11.6 Å². The summed E-state index contributed by atoms with van der Waals surface area (Å²) in [6.07, 6.45) is -1.09. The fourth-order valence-corrected chi connectivity index (χ4v) is 5.87. The summed E-state index contributed by atoms with van der Waals surface area (Å²) in [6, 6.07) is 16.9. The fraction of sp³-hybridized carbons (Fsp3) is 0.190. The van der Waals surface area contributed by atoms with Crippen molar-refractivity contribution < 1.29 is 32.9 Å². The molecule has 0 amide bonds. The molecule has 1 aliphatic carbocycles. The Kier molecular flexibility index (Phi) is 6.35. The molecule has 0 bridgehead atoms. The van der Waals surface area contributed by atoms with Crippen LogP contribution in [-0.4, -0.2) is 35.9 Å². The largest absolute Gasteiger partial charge is 0.505 e. The average Bonchev–Trinajstić information content (AvgIpc) is 3.13. The summed E-state index contributed by atoms with van der Waals surface area (Å²) >= 11 is 1.07. The molecule has 0 saturated heterocycles. The highest BCUT2D eigenvalue weighted by Gasteiger charge is 2.53. The van der Waals surface area contributed by atoms with Crippen molar-refractivity contribution in [2.45, 2.75) is 29.0 Å². The van der Waals surface area contributed by atoms with E-state index < -0.39 is 27.7 Å². The molecule has 1 fully saturated rings. The Hall–Kier alpha value is -2.95. The lowest BCUT2D eigenvalue weighted by Crippen LogP contribution is -2.29. The number of halogens is 1. The first-order valence-corrected chi connectivity index (χ1v) is 11.4. The summed E-state index contributed by atoms with van der Waals surface area (Å²) in [5.41, 5.74) is 1.44. The zero-order valence-electron chi connectivity index (χ0n) is 16.3. The highest BCUT2D eigenvalue weighted by molar-refractivity contribution is 7.91. The van der Waals surface area contributed by atoms with E-state index in [1.165, 1.54) is 18.2 Å². The SMILES string of the molecule is C[C@]1(c2ccccc2)C[C@@H]1NS(=O)(=O)c1ccc(-c2ccc(O)c(F)c2)s1.O=C(O)O. The van der Waals surface area contributed by atoms with Gasteiger partial charge in [-0.05, 0) is 47.9 Å². The number of sulfonamides is 1. The maximum Gasteiger partial charge on any atom is 0.503 e. The predicted molar refractivity (Wildman–Crippen MR) is 115 cm³/mol. The first-order chi connectivity index (χ1) is 14.5. The van der Waals surface area contributed by atoms with Gasteiger partial charge in [0.05, 0.1) is 0 Å². The monoisotopic (exact) mass is 465 g/mol. The Labute approximate surface area is 182 Å². The van der Waals surface area contributed by atoms with Crippen molar-refractivity contribution >= 4 is 27.5 Å². The molecule has 0 aliphatic heterocycles. The number of phenolic OH excluding ortho intramolecular Hbond substituents is 1. The maximum atomic E-state index is 13.6. The van der Waals surface area contributed by atoms with E-state index in [1.807, 2.05) is 30.3 Å². The first-order valence-electron chi connectivity index (χ1n) is 9.11. The second-order valence-corrected chi connectivity index (χ2v) is 10.3. The van der Waals surface area contributed by atoms with Gasteiger partial charge < -0.3 is 15.3 Å². The summed E-state index contributed by atoms with van der Waals surface area (Å²) in [5.74, 6) is -1.17. The van der Waals surface area contributed by atoms with Gasteiger partial charge in [0.15, 0.2) is 11.6 Å². The smallest absolute Gasteiger partial charge is 0.503 e. The van der Waals surface area contributed by atoms with E-state index in [4.69, 9.17) is 15.0 Å². The molecular weight excluding hydrogens is 445 g/mol. The lowest BCUT2D eigenvalue weighted by molar-refractivity contribution is 0.137. The first kappa shape index (κ1) is 22.7. The molecule has 1 saturated carbocycles. The third kappa shape index (κ3) is 5.22. The Bertz CT molecular complexity index is 1190. The molecule has 1 aromatic heterocycles. The summed E-state index contributed by atoms with van der Waals surface area (Å²) < 4.78 is 42.0. The van der Waals surface area contributed by atoms with Gasteiger partial charge in [-0.1, -0.05) is 37.3 Å². The number of benzene rings is 2. The van der Waals surface area contributed by atoms with Crippen LogP contribution in [0.4, 0.5) is 9.18 Å². The van der Waals surface area contributed by atoms with Crippen LogP contribution in [0.3, 0.4) is 0 Å². The summed E-state index contributed by atoms with van der Waals surface area (Å²) in [5, 5.41) is 23.2. The fourth-order valence-electron chi connectivity index (χ4n) is 3.20. The van der Waals surface area contributed by atoms with E-state index in [0.29, 0.717) is 10.4 Å². The highest BCUT2D eigenvalue weighted by Crippen LogP contribution is 2.48. The van der Waals surface area contributed by atoms with E-state index >= 15 is 0 Å². The van der Waals surface area contributed by atoms with Gasteiger partial charge in [0.2, 0.25) is 10.0 Å². The molecule has 2 atom stereocenters. The number of carbonyl (C=O) groups is 1. The van der Waals surface area contributed by atoms with Crippen LogP contribution in [0.1, 0.15) is 18.9 Å². The molecule has 3 aromatic rings. The van der Waals surface area contributed by atoms with E-state index in [1.54, 1.807) is 12.1 Å². The van der Waals surface area contributed by atoms with Gasteiger partial charge in [0.1, 0.15) is 4.21 Å². The molecule has 4 N–H and O–H groups in total. The zero-order chi connectivity index (χ0) is 22.8. The highest BCUT2D eigenvalue weighted by atomic mass is 32.2. The second-order valence-electron chi connectivity index (χ2n) is 7.23. The van der Waals surface area contributed by atoms with Crippen LogP contribution >= 0.6 is 11.3 Å². The van der Waals surface area contributed by atoms with Gasteiger partial charge in [0, 0.05) is 16.3 Å². The third-order valence-corrected chi connectivity index (χ3v) is 8.14. The Balaban J connectivity index is 0.000000628. The minimum atomic E-state index is -3.66. The van der Waals surface area contributed by atoms with Crippen LogP contribution in [0, 0.1) is 5.82 Å². The normalized spacial score (nSPS) is 19.9. The topological polar surface area (TPSA) is 124 Å². The minimum Gasteiger partial charge on any atom is -0.505 e. The summed E-state index contributed by atoms with van der Waals surface area (Å²) in [7, 11) is -3.66. The number of hydrogen-bond acceptors (Lipinski definition) is 5. The van der Waals surface area contributed by atoms with Crippen LogP contribution in [0.25, 0.3) is 10.4 Å². The Morgan fingerprint density at radius 1 is 1.13 bits per heavy atom. The molecule has 7 nitrogen and oxygen atoms in total. The van der Waals surface area contributed by atoms with E-state index in [-0.39, 0.29) is 15.7 Å². The average molecular weight is 466 g/mol. The van der Waals surface area contributed by atoms with Crippen LogP contribution in [-0.2, 0) is 15.4 Å². The number of aromatic hydroxyl groups is 1. The molecule has 2 aromatic carbocycles. The van der Waals surface area contributed by atoms with E-state index in [9.17, 15) is 17.9 Å². The van der Waals surface area contributed by atoms with Gasteiger partial charge in [-0.2, -0.15) is 0 Å². The quantitative estimate of drug-likeness (QED) is 0.440. The van der Waals surface area contributed by atoms with Gasteiger partial charge in [-0.15, -0.1) is 11.3 Å². The van der Waals surface area contributed by atoms with Crippen molar-refractivity contribution in [2.75, 3.05) is 0 Å². The lowest BCUT2D eigenvalue weighted by Gasteiger charge is -2.12. The Morgan fingerprint density at radius 2 is 1.77 bits per heavy atom. The van der Waals surface area contributed by atoms with Crippen molar-refractivity contribution in [3.63, 3.8) is 0 Å². The predicted octanol–water partition coefficient (Wildman–Crippen LogP) is 4.49. The van der Waals surface area contributed by atoms with Gasteiger partial charge in [-0.25, -0.2) is 22.3 Å². The van der Waals surface area contributed by atoms with Crippen LogP contribution < -0.4 is 4.72 Å². The van der Waals surface area contributed by atoms with Gasteiger partial charge in [-0.3, -0.25) is 0 Å². The molecule has 0 unspecified atom stereocenters. The number of rotatable bonds is 5. The van der Waals surface area contributed by atoms with Crippen LogP contribution in [0.15, 0.2) is 64.9 Å². The number of carboxylic acid groups (broad SMARTS) is 2. The number of thiophene rings is 1. The minimum absolute atomic E-state index is 0.151. The molecule has 0 spiro atoms. The van der Waals surface area contributed by atoms with Crippen molar-refractivity contribution in [3.8, 4) is 16.2 Å². The van der Waals surface area contributed by atoms with Gasteiger partial charge >= 0.3 is 6.16 Å². The Morgan fingerprint density at radius 3 is 2.39 bits per heavy atom. The second kappa shape index (κ2) is 8.66. The molecule has 0 radical (unpaired) electrons. The van der Waals surface area contributed by atoms with Crippen LogP contribution in [0.5, 0.6) is 5.75 Å². The molecule has 10 heteroatoms. The molecule has 1 aliphatic rings. The van der Waals surface area contributed by atoms with E-state index in [0.717, 1.165) is 23.3 Å². The molecule has 4 rings (SSSR count). The van der Waals surface area contributed by atoms with Crippen molar-refractivity contribution in [2.24, 2.45) is 0 Å². The number of phenols is 1. The van der Waals surface area contributed by atoms with Crippen molar-refractivity contribution in [1.82, 2.24) is 4.72 Å². The van der Waals surface area contributed by atoms with Crippen molar-refractivity contribution in [3.05, 3.63) is 72.0 Å². The number of hydrogen-bond donors (Lipinski definition) is 4. The zero-order valence-corrected chi connectivity index (χ0v) is 18.0. The van der Waals surface area contributed by atoms with Crippen LogP contribution in [0.2, 0.25) is 0 Å². The third-order valence-electron chi connectivity index (χ3n) is 5.05. The molecular formula is C21H20FNO6S2. The molecule has 164 valence electrons. The summed E-state index contributed by atoms with van der Waals surface area (Å²) in [6.45, 7) is 2.05. The maximum absolute atomic E-state index is 13.6. The molecule has 31 heavy (non-hydrogen) atoms. The number of nitrogens with one attached hydrogen (secondary N) is 1. The molecule has 1 heterocycles. The summed E-state index contributed by atoms with van der Waals surface area (Å²) in [4.78, 5) is 9.18.